The van der Waals surface area contributed by atoms with Crippen LogP contribution in [0.1, 0.15) is 37.6 Å². The van der Waals surface area contributed by atoms with Crippen molar-refractivity contribution in [1.82, 2.24) is 0 Å². The average Bonchev–Trinajstić information content (AvgIpc) is 2.41. The first-order valence-electron chi connectivity index (χ1n) is 5.81. The summed E-state index contributed by atoms with van der Waals surface area (Å²) >= 11 is 0. The quantitative estimate of drug-likeness (QED) is 0.364. The largest absolute Gasteiger partial charge is 0.461 e. The molecule has 0 spiro atoms. The molecule has 0 aromatic heterocycles. The Morgan fingerprint density at radius 2 is 1.35 bits per heavy atom. The molecular weight excluding hydrogens is 283 g/mol. The highest BCUT2D eigenvalue weighted by atomic mass is 19.2. The Labute approximate surface area is 112 Å². The zero-order valence-electron chi connectivity index (χ0n) is 11.1. The third-order valence-corrected chi connectivity index (χ3v) is 2.97. The number of hydrogen-bond acceptors (Lipinski definition) is 2. The number of carbonyl (C=O) groups excluding carboxylic acids is 1. The van der Waals surface area contributed by atoms with Crippen LogP contribution in [0.25, 0.3) is 0 Å². The van der Waals surface area contributed by atoms with Crippen LogP contribution in [0.15, 0.2) is 0 Å². The minimum absolute atomic E-state index is 0.207. The highest BCUT2D eigenvalue weighted by molar-refractivity contribution is 5.90. The molecule has 0 atom stereocenters. The SMILES string of the molecule is CCC(C)(C)COC(=O)c1c(F)c(F)c(F)c(F)c1F. The Hall–Kier alpha value is -1.66. The van der Waals surface area contributed by atoms with Crippen molar-refractivity contribution in [2.75, 3.05) is 6.61 Å². The minimum atomic E-state index is -2.31. The van der Waals surface area contributed by atoms with E-state index < -0.39 is 46.0 Å². The van der Waals surface area contributed by atoms with E-state index in [9.17, 15) is 26.7 Å². The fourth-order valence-corrected chi connectivity index (χ4v) is 1.22. The lowest BCUT2D eigenvalue weighted by atomic mass is 9.92. The maximum absolute atomic E-state index is 13.3. The number of benzene rings is 1. The van der Waals surface area contributed by atoms with Gasteiger partial charge in [-0.25, -0.2) is 26.7 Å². The van der Waals surface area contributed by atoms with Gasteiger partial charge in [0.05, 0.1) is 6.61 Å². The van der Waals surface area contributed by atoms with Crippen LogP contribution in [0.4, 0.5) is 22.0 Å². The first-order valence-corrected chi connectivity index (χ1v) is 5.81. The van der Waals surface area contributed by atoms with Gasteiger partial charge in [-0.3, -0.25) is 0 Å². The van der Waals surface area contributed by atoms with Gasteiger partial charge in [0, 0.05) is 0 Å². The van der Waals surface area contributed by atoms with E-state index in [2.05, 4.69) is 4.74 Å². The third kappa shape index (κ3) is 3.08. The molecule has 0 aliphatic carbocycles. The van der Waals surface area contributed by atoms with E-state index in [1.807, 2.05) is 0 Å². The smallest absolute Gasteiger partial charge is 0.344 e. The van der Waals surface area contributed by atoms with Gasteiger partial charge in [0.25, 0.3) is 0 Å². The van der Waals surface area contributed by atoms with E-state index in [4.69, 9.17) is 0 Å². The first-order chi connectivity index (χ1) is 9.12. The molecule has 0 N–H and O–H groups in total. The molecule has 0 unspecified atom stereocenters. The number of carbonyl (C=O) groups is 1. The molecular formula is C13H13F5O2. The van der Waals surface area contributed by atoms with Crippen LogP contribution < -0.4 is 0 Å². The fourth-order valence-electron chi connectivity index (χ4n) is 1.22. The molecule has 1 aromatic rings. The van der Waals surface area contributed by atoms with E-state index in [0.29, 0.717) is 6.42 Å². The van der Waals surface area contributed by atoms with Crippen molar-refractivity contribution in [1.29, 1.82) is 0 Å². The van der Waals surface area contributed by atoms with Gasteiger partial charge in [0.2, 0.25) is 5.82 Å². The predicted octanol–water partition coefficient (Wildman–Crippen LogP) is 3.98. The summed E-state index contributed by atoms with van der Waals surface area (Å²) in [7, 11) is 0. The molecule has 0 amide bonds. The standard InChI is InChI=1S/C13H13F5O2/c1-4-13(2,3)5-20-12(19)6-7(14)9(16)11(18)10(17)8(6)15/h4-5H2,1-3H3. The second-order valence-electron chi connectivity index (χ2n) is 5.04. The fraction of sp³-hybridized carbons (Fsp3) is 0.462. The molecule has 0 aliphatic heterocycles. The molecule has 20 heavy (non-hydrogen) atoms. The normalized spacial score (nSPS) is 11.6. The number of hydrogen-bond donors (Lipinski definition) is 0. The van der Waals surface area contributed by atoms with Crippen LogP contribution in [0.3, 0.4) is 0 Å². The first kappa shape index (κ1) is 16.4. The summed E-state index contributed by atoms with van der Waals surface area (Å²) in [6.45, 7) is 5.03. The minimum Gasteiger partial charge on any atom is -0.461 e. The lowest BCUT2D eigenvalue weighted by molar-refractivity contribution is 0.0321. The monoisotopic (exact) mass is 296 g/mol. The number of esters is 1. The van der Waals surface area contributed by atoms with Gasteiger partial charge >= 0.3 is 5.97 Å². The molecule has 0 aliphatic rings. The van der Waals surface area contributed by atoms with Crippen molar-refractivity contribution in [3.05, 3.63) is 34.6 Å². The molecule has 0 radical (unpaired) electrons. The molecule has 0 heterocycles. The van der Waals surface area contributed by atoms with Crippen molar-refractivity contribution in [3.63, 3.8) is 0 Å². The lowest BCUT2D eigenvalue weighted by Gasteiger charge is -2.22. The zero-order valence-corrected chi connectivity index (χ0v) is 11.1. The Balaban J connectivity index is 3.12. The van der Waals surface area contributed by atoms with Gasteiger partial charge in [-0.1, -0.05) is 20.8 Å². The van der Waals surface area contributed by atoms with E-state index in [1.165, 1.54) is 0 Å². The van der Waals surface area contributed by atoms with E-state index in [1.54, 1.807) is 20.8 Å². The van der Waals surface area contributed by atoms with Crippen molar-refractivity contribution in [3.8, 4) is 0 Å². The van der Waals surface area contributed by atoms with Crippen molar-refractivity contribution in [2.45, 2.75) is 27.2 Å². The van der Waals surface area contributed by atoms with E-state index >= 15 is 0 Å². The van der Waals surface area contributed by atoms with Crippen LogP contribution in [-0.4, -0.2) is 12.6 Å². The second-order valence-corrected chi connectivity index (χ2v) is 5.04. The zero-order chi connectivity index (χ0) is 15.7. The second kappa shape index (κ2) is 5.76. The summed E-state index contributed by atoms with van der Waals surface area (Å²) in [6, 6.07) is 0. The highest BCUT2D eigenvalue weighted by Crippen LogP contribution is 2.25. The summed E-state index contributed by atoms with van der Waals surface area (Å²) < 4.78 is 70.0. The maximum Gasteiger partial charge on any atom is 0.344 e. The van der Waals surface area contributed by atoms with Crippen molar-refractivity contribution >= 4 is 5.97 Å². The van der Waals surface area contributed by atoms with Crippen LogP contribution in [0.5, 0.6) is 0 Å². The molecule has 0 bridgehead atoms. The average molecular weight is 296 g/mol. The predicted molar refractivity (Wildman–Crippen MR) is 60.6 cm³/mol. The van der Waals surface area contributed by atoms with E-state index in [0.717, 1.165) is 0 Å². The van der Waals surface area contributed by atoms with Gasteiger partial charge in [-0.2, -0.15) is 0 Å². The molecule has 1 aromatic carbocycles. The summed E-state index contributed by atoms with van der Waals surface area (Å²) in [5.74, 6) is -12.6. The molecule has 2 nitrogen and oxygen atoms in total. The molecule has 7 heteroatoms. The molecule has 1 rings (SSSR count). The van der Waals surface area contributed by atoms with Crippen LogP contribution in [0.2, 0.25) is 0 Å². The van der Waals surface area contributed by atoms with Crippen molar-refractivity contribution in [2.24, 2.45) is 5.41 Å². The maximum atomic E-state index is 13.3. The summed E-state index contributed by atoms with van der Waals surface area (Å²) in [5.41, 5.74) is -2.05. The van der Waals surface area contributed by atoms with Gasteiger partial charge < -0.3 is 4.74 Å². The number of rotatable bonds is 4. The van der Waals surface area contributed by atoms with Gasteiger partial charge in [0.1, 0.15) is 5.56 Å². The van der Waals surface area contributed by atoms with E-state index in [-0.39, 0.29) is 6.61 Å². The Kier molecular flexibility index (Phi) is 4.73. The Bertz CT molecular complexity index is 511. The lowest BCUT2D eigenvalue weighted by Crippen LogP contribution is -2.23. The molecule has 0 saturated heterocycles. The molecule has 112 valence electrons. The highest BCUT2D eigenvalue weighted by Gasteiger charge is 2.31. The van der Waals surface area contributed by atoms with Crippen LogP contribution >= 0.6 is 0 Å². The number of ether oxygens (including phenoxy) is 1. The summed E-state index contributed by atoms with van der Waals surface area (Å²) in [6.07, 6.45) is 0.595. The molecule has 0 fully saturated rings. The summed E-state index contributed by atoms with van der Waals surface area (Å²) in [4.78, 5) is 11.5. The Morgan fingerprint density at radius 1 is 0.950 bits per heavy atom. The van der Waals surface area contributed by atoms with Gasteiger partial charge in [-0.05, 0) is 11.8 Å². The molecule has 0 saturated carbocycles. The number of halogens is 5. The Morgan fingerprint density at radius 3 is 1.75 bits per heavy atom. The third-order valence-electron chi connectivity index (χ3n) is 2.97. The van der Waals surface area contributed by atoms with Crippen molar-refractivity contribution < 1.29 is 31.5 Å². The van der Waals surface area contributed by atoms with Gasteiger partial charge in [0.15, 0.2) is 23.3 Å². The van der Waals surface area contributed by atoms with Crippen LogP contribution in [0, 0.1) is 34.5 Å². The summed E-state index contributed by atoms with van der Waals surface area (Å²) in [5, 5.41) is 0. The van der Waals surface area contributed by atoms with Gasteiger partial charge in [-0.15, -0.1) is 0 Å². The van der Waals surface area contributed by atoms with Crippen LogP contribution in [-0.2, 0) is 4.74 Å². The topological polar surface area (TPSA) is 26.3 Å².